The van der Waals surface area contributed by atoms with E-state index in [0.717, 1.165) is 59.9 Å². The summed E-state index contributed by atoms with van der Waals surface area (Å²) in [5.74, 6) is 3.84. The van der Waals surface area contributed by atoms with Gasteiger partial charge in [0.05, 0.1) is 6.61 Å². The Morgan fingerprint density at radius 2 is 2.10 bits per heavy atom. The molecule has 2 aromatic carbocycles. The minimum atomic E-state index is -0.154. The number of para-hydroxylation sites is 1. The van der Waals surface area contributed by atoms with E-state index in [1.807, 2.05) is 49.0 Å². The van der Waals surface area contributed by atoms with E-state index in [-0.39, 0.29) is 12.0 Å². The Morgan fingerprint density at radius 1 is 1.29 bits per heavy atom. The molecule has 2 aliphatic heterocycles. The lowest BCUT2D eigenvalue weighted by atomic mass is 10.1. The normalized spacial score (nSPS) is 18.6. The maximum absolute atomic E-state index is 12.7. The van der Waals surface area contributed by atoms with Gasteiger partial charge in [0, 0.05) is 60.5 Å². The first-order valence-corrected chi connectivity index (χ1v) is 12.1. The first-order chi connectivity index (χ1) is 15.1. The van der Waals surface area contributed by atoms with Gasteiger partial charge in [-0.05, 0) is 43.7 Å². The van der Waals surface area contributed by atoms with Crippen molar-refractivity contribution in [2.24, 2.45) is 0 Å². The Balaban J connectivity index is 1.46. The van der Waals surface area contributed by atoms with Crippen LogP contribution in [0.25, 0.3) is 6.08 Å². The zero-order chi connectivity index (χ0) is 21.6. The highest BCUT2D eigenvalue weighted by atomic mass is 32.2. The molecule has 1 fully saturated rings. The van der Waals surface area contributed by atoms with Crippen LogP contribution in [0.1, 0.15) is 30.5 Å². The molecule has 1 N–H and O–H groups in total. The molecule has 0 radical (unpaired) electrons. The van der Waals surface area contributed by atoms with Gasteiger partial charge in [-0.25, -0.2) is 0 Å². The van der Waals surface area contributed by atoms with Crippen molar-refractivity contribution in [3.63, 3.8) is 0 Å². The summed E-state index contributed by atoms with van der Waals surface area (Å²) in [4.78, 5) is 15.1. The number of nitrogens with one attached hydrogen (secondary N) is 1. The fourth-order valence-corrected chi connectivity index (χ4v) is 4.96. The molecule has 0 spiro atoms. The second-order valence-electron chi connectivity index (χ2n) is 7.93. The molecule has 2 aromatic rings. The van der Waals surface area contributed by atoms with Gasteiger partial charge in [-0.1, -0.05) is 18.2 Å². The molecule has 2 heterocycles. The number of benzene rings is 2. The number of fused-ring (bicyclic) bond motifs is 1. The molecule has 5 nitrogen and oxygen atoms in total. The minimum Gasteiger partial charge on any atom is -0.493 e. The molecule has 0 bridgehead atoms. The molecule has 1 unspecified atom stereocenters. The van der Waals surface area contributed by atoms with Gasteiger partial charge in [0.2, 0.25) is 5.91 Å². The summed E-state index contributed by atoms with van der Waals surface area (Å²) < 4.78 is 11.7. The zero-order valence-corrected chi connectivity index (χ0v) is 19.0. The SMILES string of the molecule is CCOc1cc2c(cc1/C=C/C(=O)Nc1ccccc1CN1CCSCC1)OC(C)C2. The summed E-state index contributed by atoms with van der Waals surface area (Å²) >= 11 is 2.00. The van der Waals surface area contributed by atoms with Crippen LogP contribution in [0.3, 0.4) is 0 Å². The van der Waals surface area contributed by atoms with Crippen molar-refractivity contribution in [3.05, 3.63) is 59.2 Å². The standard InChI is InChI=1S/C25H30N2O3S/c1-3-29-23-16-21-14-18(2)30-24(21)15-19(23)8-9-25(28)26-22-7-5-4-6-20(22)17-27-10-12-31-13-11-27/h4-9,15-16,18H,3,10-14,17H2,1-2H3,(H,26,28)/b9-8+. The number of hydrogen-bond acceptors (Lipinski definition) is 5. The average Bonchev–Trinajstić information content (AvgIpc) is 3.13. The Hall–Kier alpha value is -2.44. The summed E-state index contributed by atoms with van der Waals surface area (Å²) in [6.07, 6.45) is 4.42. The number of anilines is 1. The number of carbonyl (C=O) groups excluding carboxylic acids is 1. The van der Waals surface area contributed by atoms with Gasteiger partial charge in [-0.2, -0.15) is 11.8 Å². The van der Waals surface area contributed by atoms with Crippen LogP contribution in [-0.4, -0.2) is 48.1 Å². The number of nitrogens with zero attached hydrogens (tertiary/aromatic N) is 1. The fraction of sp³-hybridized carbons (Fsp3) is 0.400. The first-order valence-electron chi connectivity index (χ1n) is 11.0. The van der Waals surface area contributed by atoms with Crippen LogP contribution in [0.2, 0.25) is 0 Å². The van der Waals surface area contributed by atoms with Crippen molar-refractivity contribution >= 4 is 29.4 Å². The van der Waals surface area contributed by atoms with E-state index in [9.17, 15) is 4.79 Å². The topological polar surface area (TPSA) is 50.8 Å². The van der Waals surface area contributed by atoms with Gasteiger partial charge in [0.1, 0.15) is 17.6 Å². The molecule has 31 heavy (non-hydrogen) atoms. The number of amides is 1. The van der Waals surface area contributed by atoms with Gasteiger partial charge in [0.25, 0.3) is 0 Å². The van der Waals surface area contributed by atoms with Crippen molar-refractivity contribution < 1.29 is 14.3 Å². The molecule has 0 saturated carbocycles. The largest absolute Gasteiger partial charge is 0.493 e. The summed E-state index contributed by atoms with van der Waals surface area (Å²) in [7, 11) is 0. The number of hydrogen-bond donors (Lipinski definition) is 1. The van der Waals surface area contributed by atoms with Gasteiger partial charge < -0.3 is 14.8 Å². The smallest absolute Gasteiger partial charge is 0.248 e. The van der Waals surface area contributed by atoms with E-state index in [1.165, 1.54) is 11.5 Å². The van der Waals surface area contributed by atoms with Crippen LogP contribution in [0.15, 0.2) is 42.5 Å². The predicted octanol–water partition coefficient (Wildman–Crippen LogP) is 4.61. The second kappa shape index (κ2) is 10.2. The highest BCUT2D eigenvalue weighted by Crippen LogP contribution is 2.35. The summed E-state index contributed by atoms with van der Waals surface area (Å²) in [6.45, 7) is 7.63. The zero-order valence-electron chi connectivity index (χ0n) is 18.2. The third-order valence-corrected chi connectivity index (χ3v) is 6.46. The molecule has 2 aliphatic rings. The van der Waals surface area contributed by atoms with E-state index < -0.39 is 0 Å². The number of thioether (sulfide) groups is 1. The highest BCUT2D eigenvalue weighted by Gasteiger charge is 2.21. The molecular formula is C25H30N2O3S. The van der Waals surface area contributed by atoms with E-state index in [0.29, 0.717) is 6.61 Å². The summed E-state index contributed by atoms with van der Waals surface area (Å²) in [5, 5.41) is 3.05. The quantitative estimate of drug-likeness (QED) is 0.640. The maximum atomic E-state index is 12.7. The Labute approximate surface area is 188 Å². The fourth-order valence-electron chi connectivity index (χ4n) is 3.99. The molecule has 1 atom stereocenters. The lowest BCUT2D eigenvalue weighted by Gasteiger charge is -2.27. The van der Waals surface area contributed by atoms with E-state index in [1.54, 1.807) is 12.2 Å². The van der Waals surface area contributed by atoms with Crippen molar-refractivity contribution in [3.8, 4) is 11.5 Å². The van der Waals surface area contributed by atoms with Crippen molar-refractivity contribution in [2.45, 2.75) is 32.9 Å². The monoisotopic (exact) mass is 438 g/mol. The third-order valence-electron chi connectivity index (χ3n) is 5.52. The molecule has 0 aliphatic carbocycles. The van der Waals surface area contributed by atoms with Crippen LogP contribution in [0.5, 0.6) is 11.5 Å². The second-order valence-corrected chi connectivity index (χ2v) is 9.16. The molecule has 4 rings (SSSR count). The van der Waals surface area contributed by atoms with Crippen LogP contribution in [0.4, 0.5) is 5.69 Å². The van der Waals surface area contributed by atoms with Crippen LogP contribution in [-0.2, 0) is 17.8 Å². The van der Waals surface area contributed by atoms with Gasteiger partial charge in [-0.3, -0.25) is 9.69 Å². The highest BCUT2D eigenvalue weighted by molar-refractivity contribution is 7.99. The van der Waals surface area contributed by atoms with Gasteiger partial charge in [0.15, 0.2) is 0 Å². The average molecular weight is 439 g/mol. The van der Waals surface area contributed by atoms with Crippen LogP contribution < -0.4 is 14.8 Å². The maximum Gasteiger partial charge on any atom is 0.248 e. The summed E-state index contributed by atoms with van der Waals surface area (Å²) in [6, 6.07) is 12.0. The Morgan fingerprint density at radius 3 is 2.90 bits per heavy atom. The Bertz CT molecular complexity index is 954. The number of rotatable bonds is 7. The first kappa shape index (κ1) is 21.8. The van der Waals surface area contributed by atoms with Crippen molar-refractivity contribution in [1.29, 1.82) is 0 Å². The van der Waals surface area contributed by atoms with E-state index >= 15 is 0 Å². The van der Waals surface area contributed by atoms with Crippen molar-refractivity contribution in [1.82, 2.24) is 4.90 Å². The van der Waals surface area contributed by atoms with E-state index in [2.05, 4.69) is 23.2 Å². The summed E-state index contributed by atoms with van der Waals surface area (Å²) in [5.41, 5.74) is 4.02. The number of carbonyl (C=O) groups is 1. The third kappa shape index (κ3) is 5.63. The molecule has 1 saturated heterocycles. The lowest BCUT2D eigenvalue weighted by molar-refractivity contribution is -0.111. The molecule has 6 heteroatoms. The van der Waals surface area contributed by atoms with Crippen LogP contribution >= 0.6 is 11.8 Å². The predicted molar refractivity (Wildman–Crippen MR) is 128 cm³/mol. The molecule has 0 aromatic heterocycles. The molecule has 164 valence electrons. The Kier molecular flexibility index (Phi) is 7.20. The van der Waals surface area contributed by atoms with Crippen LogP contribution in [0, 0.1) is 0 Å². The van der Waals surface area contributed by atoms with E-state index in [4.69, 9.17) is 9.47 Å². The lowest BCUT2D eigenvalue weighted by Crippen LogP contribution is -2.32. The molecular weight excluding hydrogens is 408 g/mol. The van der Waals surface area contributed by atoms with Gasteiger partial charge >= 0.3 is 0 Å². The minimum absolute atomic E-state index is 0.154. The molecule has 1 amide bonds. The number of ether oxygens (including phenoxy) is 2. The van der Waals surface area contributed by atoms with Gasteiger partial charge in [-0.15, -0.1) is 0 Å². The van der Waals surface area contributed by atoms with Crippen molar-refractivity contribution in [2.75, 3.05) is 36.5 Å².